The summed E-state index contributed by atoms with van der Waals surface area (Å²) in [6, 6.07) is 15.0. The lowest BCUT2D eigenvalue weighted by molar-refractivity contribution is -0.115. The van der Waals surface area contributed by atoms with Crippen molar-refractivity contribution in [3.63, 3.8) is 0 Å². The molecule has 0 aliphatic rings. The molecule has 3 rings (SSSR count). The molecule has 1 heterocycles. The van der Waals surface area contributed by atoms with Crippen LogP contribution in [0.4, 0.5) is 0 Å². The van der Waals surface area contributed by atoms with E-state index in [-0.39, 0.29) is 5.75 Å². The van der Waals surface area contributed by atoms with Gasteiger partial charge in [-0.05, 0) is 18.2 Å². The maximum absolute atomic E-state index is 11.1. The number of nitrogens with two attached hydrogens (primary N) is 1. The molecule has 128 valence electrons. The Hall–Kier alpha value is -2.51. The molecular formula is C17H15ClN4O2S. The Morgan fingerprint density at radius 3 is 2.64 bits per heavy atom. The lowest BCUT2D eigenvalue weighted by Gasteiger charge is -2.12. The van der Waals surface area contributed by atoms with Gasteiger partial charge < -0.3 is 10.5 Å². The van der Waals surface area contributed by atoms with Crippen molar-refractivity contribution in [2.24, 2.45) is 5.73 Å². The van der Waals surface area contributed by atoms with E-state index >= 15 is 0 Å². The van der Waals surface area contributed by atoms with Crippen LogP contribution in [0, 0.1) is 0 Å². The molecule has 0 fully saturated rings. The number of thioether (sulfide) groups is 1. The molecule has 1 amide bonds. The minimum Gasteiger partial charge on any atom is -0.495 e. The Morgan fingerprint density at radius 2 is 2.00 bits per heavy atom. The van der Waals surface area contributed by atoms with Crippen molar-refractivity contribution in [3.8, 4) is 22.8 Å². The number of primary amides is 1. The minimum absolute atomic E-state index is 0.108. The van der Waals surface area contributed by atoms with E-state index in [2.05, 4.69) is 10.2 Å². The van der Waals surface area contributed by atoms with E-state index in [4.69, 9.17) is 22.1 Å². The topological polar surface area (TPSA) is 83.0 Å². The SMILES string of the molecule is COc1ccc(-n2c(SCC(N)=O)nnc2-c2ccccc2)cc1Cl. The summed E-state index contributed by atoms with van der Waals surface area (Å²) in [5.74, 6) is 0.907. The number of hydrogen-bond acceptors (Lipinski definition) is 5. The van der Waals surface area contributed by atoms with Gasteiger partial charge in [-0.1, -0.05) is 53.7 Å². The molecule has 6 nitrogen and oxygen atoms in total. The van der Waals surface area contributed by atoms with Gasteiger partial charge in [-0.3, -0.25) is 9.36 Å². The molecule has 0 aliphatic heterocycles. The number of amides is 1. The fourth-order valence-corrected chi connectivity index (χ4v) is 3.24. The number of carbonyl (C=O) groups is 1. The third kappa shape index (κ3) is 3.78. The second kappa shape index (κ2) is 7.58. The van der Waals surface area contributed by atoms with Crippen molar-refractivity contribution in [3.05, 3.63) is 53.6 Å². The monoisotopic (exact) mass is 374 g/mol. The van der Waals surface area contributed by atoms with E-state index in [9.17, 15) is 4.79 Å². The van der Waals surface area contributed by atoms with Crippen LogP contribution >= 0.6 is 23.4 Å². The van der Waals surface area contributed by atoms with Gasteiger partial charge in [-0.15, -0.1) is 10.2 Å². The Morgan fingerprint density at radius 1 is 1.24 bits per heavy atom. The van der Waals surface area contributed by atoms with Gasteiger partial charge in [0.1, 0.15) is 5.75 Å². The number of ether oxygens (including phenoxy) is 1. The van der Waals surface area contributed by atoms with Crippen LogP contribution in [0.2, 0.25) is 5.02 Å². The van der Waals surface area contributed by atoms with Crippen molar-refractivity contribution >= 4 is 29.3 Å². The van der Waals surface area contributed by atoms with E-state index in [0.717, 1.165) is 11.3 Å². The average Bonchev–Trinajstić information content (AvgIpc) is 3.04. The quantitative estimate of drug-likeness (QED) is 0.670. The molecule has 0 atom stereocenters. The van der Waals surface area contributed by atoms with Crippen LogP contribution < -0.4 is 10.5 Å². The summed E-state index contributed by atoms with van der Waals surface area (Å²) in [5, 5.41) is 9.51. The highest BCUT2D eigenvalue weighted by atomic mass is 35.5. The highest BCUT2D eigenvalue weighted by molar-refractivity contribution is 7.99. The number of rotatable bonds is 6. The molecule has 0 unspecified atom stereocenters. The highest BCUT2D eigenvalue weighted by Gasteiger charge is 2.17. The zero-order valence-electron chi connectivity index (χ0n) is 13.3. The molecule has 0 aliphatic carbocycles. The van der Waals surface area contributed by atoms with E-state index in [0.29, 0.717) is 21.8 Å². The standard InChI is InChI=1S/C17H15ClN4O2S/c1-24-14-8-7-12(9-13(14)18)22-16(11-5-3-2-4-6-11)20-21-17(22)25-10-15(19)23/h2-9H,10H2,1H3,(H2,19,23). The van der Waals surface area contributed by atoms with E-state index in [1.54, 1.807) is 19.2 Å². The summed E-state index contributed by atoms with van der Waals surface area (Å²) in [7, 11) is 1.56. The van der Waals surface area contributed by atoms with E-state index < -0.39 is 5.91 Å². The molecular weight excluding hydrogens is 360 g/mol. The number of benzene rings is 2. The average molecular weight is 375 g/mol. The zero-order chi connectivity index (χ0) is 17.8. The van der Waals surface area contributed by atoms with Crippen LogP contribution in [0.25, 0.3) is 17.1 Å². The molecule has 0 radical (unpaired) electrons. The predicted octanol–water partition coefficient (Wildman–Crippen LogP) is 3.17. The Balaban J connectivity index is 2.12. The summed E-state index contributed by atoms with van der Waals surface area (Å²) >= 11 is 7.49. The van der Waals surface area contributed by atoms with Gasteiger partial charge in [0, 0.05) is 5.56 Å². The number of methoxy groups -OCH3 is 1. The van der Waals surface area contributed by atoms with Crippen molar-refractivity contribution < 1.29 is 9.53 Å². The second-order valence-corrected chi connectivity index (χ2v) is 6.43. The smallest absolute Gasteiger partial charge is 0.227 e. The number of nitrogens with zero attached hydrogens (tertiary/aromatic N) is 3. The van der Waals surface area contributed by atoms with Crippen LogP contribution in [0.1, 0.15) is 0 Å². The first-order valence-corrected chi connectivity index (χ1v) is 8.72. The Labute approximate surface area is 154 Å². The first-order chi connectivity index (χ1) is 12.1. The number of hydrogen-bond donors (Lipinski definition) is 1. The zero-order valence-corrected chi connectivity index (χ0v) is 14.9. The first-order valence-electron chi connectivity index (χ1n) is 7.36. The molecule has 0 bridgehead atoms. The second-order valence-electron chi connectivity index (χ2n) is 5.08. The Bertz CT molecular complexity index is 899. The lowest BCUT2D eigenvalue weighted by Crippen LogP contribution is -2.13. The third-order valence-corrected chi connectivity index (χ3v) is 4.65. The van der Waals surface area contributed by atoms with Crippen molar-refractivity contribution in [1.82, 2.24) is 14.8 Å². The molecule has 2 N–H and O–H groups in total. The maximum atomic E-state index is 11.1. The molecule has 25 heavy (non-hydrogen) atoms. The molecule has 3 aromatic rings. The van der Waals surface area contributed by atoms with E-state index in [1.807, 2.05) is 41.0 Å². The fourth-order valence-electron chi connectivity index (χ4n) is 2.30. The number of halogens is 1. The van der Waals surface area contributed by atoms with Crippen LogP contribution in [-0.4, -0.2) is 33.5 Å². The predicted molar refractivity (Wildman–Crippen MR) is 98.3 cm³/mol. The Kier molecular flexibility index (Phi) is 5.25. The minimum atomic E-state index is -0.423. The molecule has 8 heteroatoms. The number of carbonyl (C=O) groups excluding carboxylic acids is 1. The van der Waals surface area contributed by atoms with Crippen molar-refractivity contribution in [2.75, 3.05) is 12.9 Å². The van der Waals surface area contributed by atoms with E-state index in [1.165, 1.54) is 11.8 Å². The lowest BCUT2D eigenvalue weighted by atomic mass is 10.2. The van der Waals surface area contributed by atoms with Gasteiger partial charge in [0.15, 0.2) is 11.0 Å². The third-order valence-electron chi connectivity index (χ3n) is 3.40. The van der Waals surface area contributed by atoms with Gasteiger partial charge >= 0.3 is 0 Å². The summed E-state index contributed by atoms with van der Waals surface area (Å²) < 4.78 is 7.04. The molecule has 0 saturated carbocycles. The van der Waals surface area contributed by atoms with Crippen LogP contribution in [0.15, 0.2) is 53.7 Å². The van der Waals surface area contributed by atoms with Crippen LogP contribution in [0.3, 0.4) is 0 Å². The molecule has 1 aromatic heterocycles. The first kappa shape index (κ1) is 17.3. The maximum Gasteiger partial charge on any atom is 0.227 e. The molecule has 2 aromatic carbocycles. The van der Waals surface area contributed by atoms with Crippen molar-refractivity contribution in [1.29, 1.82) is 0 Å². The number of aromatic nitrogens is 3. The summed E-state index contributed by atoms with van der Waals surface area (Å²) in [6.45, 7) is 0. The normalized spacial score (nSPS) is 10.6. The van der Waals surface area contributed by atoms with Gasteiger partial charge in [-0.25, -0.2) is 0 Å². The van der Waals surface area contributed by atoms with Crippen molar-refractivity contribution in [2.45, 2.75) is 5.16 Å². The van der Waals surface area contributed by atoms with Crippen LogP contribution in [0.5, 0.6) is 5.75 Å². The van der Waals surface area contributed by atoms with Gasteiger partial charge in [0.05, 0.1) is 23.6 Å². The van der Waals surface area contributed by atoms with Gasteiger partial charge in [-0.2, -0.15) is 0 Å². The molecule has 0 saturated heterocycles. The van der Waals surface area contributed by atoms with Crippen LogP contribution in [-0.2, 0) is 4.79 Å². The van der Waals surface area contributed by atoms with Gasteiger partial charge in [0.25, 0.3) is 0 Å². The highest BCUT2D eigenvalue weighted by Crippen LogP contribution is 2.32. The van der Waals surface area contributed by atoms with Gasteiger partial charge in [0.2, 0.25) is 5.91 Å². The summed E-state index contributed by atoms with van der Waals surface area (Å²) in [6.07, 6.45) is 0. The molecule has 0 spiro atoms. The summed E-state index contributed by atoms with van der Waals surface area (Å²) in [5.41, 5.74) is 6.92. The fraction of sp³-hybridized carbons (Fsp3) is 0.118. The summed E-state index contributed by atoms with van der Waals surface area (Å²) in [4.78, 5) is 11.1. The largest absolute Gasteiger partial charge is 0.495 e.